The Morgan fingerprint density at radius 3 is 3.18 bits per heavy atom. The molecule has 0 radical (unpaired) electrons. The Labute approximate surface area is 98.1 Å². The SMILES string of the molecule is CC1OCCC1(C)Nc1ccc2nnnn2n1. The molecule has 0 amide bonds. The molecule has 7 heteroatoms. The summed E-state index contributed by atoms with van der Waals surface area (Å²) in [6.45, 7) is 4.98. The molecule has 0 aliphatic carbocycles. The third kappa shape index (κ3) is 1.72. The van der Waals surface area contributed by atoms with Crippen LogP contribution in [0.15, 0.2) is 12.1 Å². The molecule has 1 saturated heterocycles. The third-order valence-corrected chi connectivity index (χ3v) is 3.37. The third-order valence-electron chi connectivity index (χ3n) is 3.37. The maximum atomic E-state index is 5.58. The number of aromatic nitrogens is 5. The minimum absolute atomic E-state index is 0.0886. The number of tetrazole rings is 1. The lowest BCUT2D eigenvalue weighted by Gasteiger charge is -2.29. The topological polar surface area (TPSA) is 77.2 Å². The van der Waals surface area contributed by atoms with Crippen LogP contribution in [-0.2, 0) is 4.74 Å². The van der Waals surface area contributed by atoms with E-state index in [-0.39, 0.29) is 11.6 Å². The van der Waals surface area contributed by atoms with E-state index >= 15 is 0 Å². The molecule has 0 spiro atoms. The summed E-state index contributed by atoms with van der Waals surface area (Å²) in [5.41, 5.74) is 0.547. The van der Waals surface area contributed by atoms with Gasteiger partial charge in [-0.2, -0.15) is 0 Å². The van der Waals surface area contributed by atoms with Crippen molar-refractivity contribution < 1.29 is 4.74 Å². The minimum Gasteiger partial charge on any atom is -0.376 e. The van der Waals surface area contributed by atoms with Crippen LogP contribution in [0, 0.1) is 0 Å². The molecule has 2 aromatic heterocycles. The van der Waals surface area contributed by atoms with E-state index in [4.69, 9.17) is 4.74 Å². The Hall–Kier alpha value is -1.76. The first-order valence-electron chi connectivity index (χ1n) is 5.63. The van der Waals surface area contributed by atoms with Gasteiger partial charge in [-0.15, -0.1) is 14.8 Å². The van der Waals surface area contributed by atoms with Crippen molar-refractivity contribution >= 4 is 11.5 Å². The van der Waals surface area contributed by atoms with Crippen LogP contribution in [0.25, 0.3) is 5.65 Å². The van der Waals surface area contributed by atoms with Gasteiger partial charge in [0.25, 0.3) is 0 Å². The van der Waals surface area contributed by atoms with Gasteiger partial charge in [0.05, 0.1) is 11.6 Å². The molecule has 1 fully saturated rings. The highest BCUT2D eigenvalue weighted by atomic mass is 16.5. The minimum atomic E-state index is -0.0886. The zero-order chi connectivity index (χ0) is 11.9. The predicted molar refractivity (Wildman–Crippen MR) is 60.6 cm³/mol. The Bertz CT molecular complexity index is 540. The summed E-state index contributed by atoms with van der Waals surface area (Å²) in [5.74, 6) is 0.754. The molecule has 2 aromatic rings. The number of anilines is 1. The van der Waals surface area contributed by atoms with Crippen LogP contribution in [0.3, 0.4) is 0 Å². The summed E-state index contributed by atoms with van der Waals surface area (Å²) in [5, 5.41) is 18.8. The number of nitrogens with one attached hydrogen (secondary N) is 1. The van der Waals surface area contributed by atoms with Crippen molar-refractivity contribution in [1.82, 2.24) is 25.3 Å². The fourth-order valence-corrected chi connectivity index (χ4v) is 2.01. The fourth-order valence-electron chi connectivity index (χ4n) is 2.01. The van der Waals surface area contributed by atoms with Crippen LogP contribution in [0.5, 0.6) is 0 Å². The number of rotatable bonds is 2. The summed E-state index contributed by atoms with van der Waals surface area (Å²) in [4.78, 5) is 0. The van der Waals surface area contributed by atoms with Crippen LogP contribution < -0.4 is 5.32 Å². The molecular weight excluding hydrogens is 220 g/mol. The molecule has 1 aliphatic rings. The molecule has 90 valence electrons. The van der Waals surface area contributed by atoms with E-state index in [0.29, 0.717) is 5.65 Å². The molecule has 1 N–H and O–H groups in total. The van der Waals surface area contributed by atoms with Crippen molar-refractivity contribution in [3.63, 3.8) is 0 Å². The van der Waals surface area contributed by atoms with Gasteiger partial charge in [-0.3, -0.25) is 0 Å². The van der Waals surface area contributed by atoms with Crippen LogP contribution in [0.2, 0.25) is 0 Å². The second-order valence-electron chi connectivity index (χ2n) is 4.55. The Kier molecular flexibility index (Phi) is 2.22. The monoisotopic (exact) mass is 234 g/mol. The fraction of sp³-hybridized carbons (Fsp3) is 0.600. The van der Waals surface area contributed by atoms with Crippen LogP contribution >= 0.6 is 0 Å². The summed E-state index contributed by atoms with van der Waals surface area (Å²) in [7, 11) is 0. The normalized spacial score (nSPS) is 28.7. The molecule has 2 atom stereocenters. The van der Waals surface area contributed by atoms with Gasteiger partial charge in [0.2, 0.25) is 0 Å². The summed E-state index contributed by atoms with van der Waals surface area (Å²) in [6, 6.07) is 3.71. The van der Waals surface area contributed by atoms with E-state index in [0.717, 1.165) is 18.8 Å². The van der Waals surface area contributed by atoms with Gasteiger partial charge >= 0.3 is 0 Å². The van der Waals surface area contributed by atoms with Gasteiger partial charge in [-0.25, -0.2) is 0 Å². The van der Waals surface area contributed by atoms with Crippen molar-refractivity contribution in [2.75, 3.05) is 11.9 Å². The Balaban J connectivity index is 1.89. The van der Waals surface area contributed by atoms with Crippen molar-refractivity contribution in [1.29, 1.82) is 0 Å². The lowest BCUT2D eigenvalue weighted by atomic mass is 9.95. The molecule has 7 nitrogen and oxygen atoms in total. The molecule has 3 heterocycles. The van der Waals surface area contributed by atoms with Crippen molar-refractivity contribution in [3.8, 4) is 0 Å². The van der Waals surface area contributed by atoms with E-state index in [9.17, 15) is 0 Å². The zero-order valence-electron chi connectivity index (χ0n) is 9.79. The molecule has 1 aliphatic heterocycles. The summed E-state index contributed by atoms with van der Waals surface area (Å²) < 4.78 is 6.98. The lowest BCUT2D eigenvalue weighted by Crippen LogP contribution is -2.41. The van der Waals surface area contributed by atoms with Gasteiger partial charge in [0, 0.05) is 6.61 Å². The largest absolute Gasteiger partial charge is 0.376 e. The first kappa shape index (κ1) is 10.4. The molecule has 3 rings (SSSR count). The standard InChI is InChI=1S/C10H14N6O/c1-7-10(2,5-6-17-7)11-8-3-4-9-12-14-15-16(9)13-8/h3-4,7H,5-6H2,1-2H3,(H,11,13). The highest BCUT2D eigenvalue weighted by Crippen LogP contribution is 2.28. The molecule has 0 saturated carbocycles. The summed E-state index contributed by atoms with van der Waals surface area (Å²) >= 11 is 0. The molecular formula is C10H14N6O. The van der Waals surface area contributed by atoms with Crippen molar-refractivity contribution in [2.24, 2.45) is 0 Å². The Morgan fingerprint density at radius 2 is 2.41 bits per heavy atom. The smallest absolute Gasteiger partial charge is 0.200 e. The first-order chi connectivity index (χ1) is 8.17. The number of hydrogen-bond donors (Lipinski definition) is 1. The number of nitrogens with zero attached hydrogens (tertiary/aromatic N) is 5. The quantitative estimate of drug-likeness (QED) is 0.815. The van der Waals surface area contributed by atoms with Crippen LogP contribution in [-0.4, -0.2) is 43.5 Å². The summed E-state index contributed by atoms with van der Waals surface area (Å²) in [6.07, 6.45) is 1.12. The second kappa shape index (κ2) is 3.63. The highest BCUT2D eigenvalue weighted by Gasteiger charge is 2.37. The van der Waals surface area contributed by atoms with Crippen molar-refractivity contribution in [2.45, 2.75) is 31.9 Å². The predicted octanol–water partition coefficient (Wildman–Crippen LogP) is 0.499. The number of hydrogen-bond acceptors (Lipinski definition) is 6. The molecule has 0 aromatic carbocycles. The number of fused-ring (bicyclic) bond motifs is 1. The van der Waals surface area contributed by atoms with Gasteiger partial charge < -0.3 is 10.1 Å². The van der Waals surface area contributed by atoms with Gasteiger partial charge in [-0.05, 0) is 42.8 Å². The molecule has 2 unspecified atom stereocenters. The van der Waals surface area contributed by atoms with Crippen LogP contribution in [0.4, 0.5) is 5.82 Å². The van der Waals surface area contributed by atoms with Gasteiger partial charge in [0.1, 0.15) is 5.82 Å². The average Bonchev–Trinajstić information content (AvgIpc) is 2.87. The Morgan fingerprint density at radius 1 is 1.53 bits per heavy atom. The second-order valence-corrected chi connectivity index (χ2v) is 4.55. The van der Waals surface area contributed by atoms with Crippen LogP contribution in [0.1, 0.15) is 20.3 Å². The molecule has 17 heavy (non-hydrogen) atoms. The van der Waals surface area contributed by atoms with Crippen molar-refractivity contribution in [3.05, 3.63) is 12.1 Å². The van der Waals surface area contributed by atoms with Gasteiger partial charge in [0.15, 0.2) is 5.65 Å². The van der Waals surface area contributed by atoms with E-state index in [1.807, 2.05) is 12.1 Å². The van der Waals surface area contributed by atoms with E-state index < -0.39 is 0 Å². The zero-order valence-corrected chi connectivity index (χ0v) is 9.79. The number of ether oxygens (including phenoxy) is 1. The maximum absolute atomic E-state index is 5.58. The lowest BCUT2D eigenvalue weighted by molar-refractivity contribution is 0.105. The van der Waals surface area contributed by atoms with E-state index in [1.54, 1.807) is 0 Å². The van der Waals surface area contributed by atoms with E-state index in [1.165, 1.54) is 4.63 Å². The van der Waals surface area contributed by atoms with Gasteiger partial charge in [-0.1, -0.05) is 0 Å². The van der Waals surface area contributed by atoms with E-state index in [2.05, 4.69) is 39.8 Å². The highest BCUT2D eigenvalue weighted by molar-refractivity contribution is 5.44. The maximum Gasteiger partial charge on any atom is 0.200 e. The molecule has 0 bridgehead atoms. The first-order valence-corrected chi connectivity index (χ1v) is 5.63. The average molecular weight is 234 g/mol.